The highest BCUT2D eigenvalue weighted by molar-refractivity contribution is 6.05. The van der Waals surface area contributed by atoms with Crippen LogP contribution in [0.3, 0.4) is 0 Å². The number of amides is 2. The van der Waals surface area contributed by atoms with E-state index >= 15 is 0 Å². The number of ether oxygens (including phenoxy) is 1. The van der Waals surface area contributed by atoms with Gasteiger partial charge in [0.1, 0.15) is 5.75 Å². The van der Waals surface area contributed by atoms with Crippen molar-refractivity contribution >= 4 is 23.2 Å². The Labute approximate surface area is 132 Å². The van der Waals surface area contributed by atoms with Crippen LogP contribution in [-0.4, -0.2) is 17.9 Å². The minimum absolute atomic E-state index is 0.234. The van der Waals surface area contributed by atoms with Gasteiger partial charge in [0.2, 0.25) is 0 Å². The average molecular weight is 307 g/mol. The van der Waals surface area contributed by atoms with Crippen LogP contribution in [0.25, 0.3) is 0 Å². The lowest BCUT2D eigenvalue weighted by Crippen LogP contribution is -2.34. The number of hydrogen-bond acceptors (Lipinski definition) is 4. The van der Waals surface area contributed by atoms with Crippen molar-refractivity contribution in [2.75, 3.05) is 10.6 Å². The van der Waals surface area contributed by atoms with Crippen LogP contribution in [0.5, 0.6) is 5.75 Å². The van der Waals surface area contributed by atoms with Crippen molar-refractivity contribution in [1.29, 1.82) is 5.26 Å². The molecule has 2 N–H and O–H groups in total. The third-order valence-corrected chi connectivity index (χ3v) is 3.42. The zero-order valence-electron chi connectivity index (χ0n) is 12.3. The molecule has 0 spiro atoms. The molecule has 2 aromatic carbocycles. The first-order valence-electron chi connectivity index (χ1n) is 7.00. The molecule has 0 aromatic heterocycles. The van der Waals surface area contributed by atoms with E-state index in [4.69, 9.17) is 10.00 Å². The number of carbonyl (C=O) groups excluding carboxylic acids is 2. The number of hydrogen-bond donors (Lipinski definition) is 2. The highest BCUT2D eigenvalue weighted by atomic mass is 16.5. The predicted molar refractivity (Wildman–Crippen MR) is 84.3 cm³/mol. The maximum absolute atomic E-state index is 12.2. The summed E-state index contributed by atoms with van der Waals surface area (Å²) in [6.07, 6.45) is -0.545. The topological polar surface area (TPSA) is 91.2 Å². The Hall–Kier alpha value is -3.33. The summed E-state index contributed by atoms with van der Waals surface area (Å²) in [4.78, 5) is 23.9. The van der Waals surface area contributed by atoms with Crippen LogP contribution < -0.4 is 15.4 Å². The van der Waals surface area contributed by atoms with Gasteiger partial charge in [-0.2, -0.15) is 5.26 Å². The van der Waals surface area contributed by atoms with Gasteiger partial charge >= 0.3 is 0 Å². The summed E-state index contributed by atoms with van der Waals surface area (Å²) in [5, 5.41) is 14.3. The fraction of sp³-hybridized carbons (Fsp3) is 0.118. The Balaban J connectivity index is 1.81. The lowest BCUT2D eigenvalue weighted by molar-refractivity contribution is -0.122. The minimum Gasteiger partial charge on any atom is -0.479 e. The van der Waals surface area contributed by atoms with Crippen molar-refractivity contribution in [2.24, 2.45) is 0 Å². The molecule has 6 nitrogen and oxygen atoms in total. The lowest BCUT2D eigenvalue weighted by Gasteiger charge is -2.23. The van der Waals surface area contributed by atoms with Crippen molar-refractivity contribution in [3.63, 3.8) is 0 Å². The highest BCUT2D eigenvalue weighted by Crippen LogP contribution is 2.32. The normalized spacial score (nSPS) is 15.7. The van der Waals surface area contributed by atoms with E-state index < -0.39 is 6.10 Å². The van der Waals surface area contributed by atoms with Crippen molar-refractivity contribution in [1.82, 2.24) is 0 Å². The minimum atomic E-state index is -0.545. The van der Waals surface area contributed by atoms with E-state index in [-0.39, 0.29) is 11.8 Å². The largest absolute Gasteiger partial charge is 0.479 e. The van der Waals surface area contributed by atoms with E-state index in [1.54, 1.807) is 43.3 Å². The molecule has 0 fully saturated rings. The molecule has 114 valence electrons. The molecule has 3 rings (SSSR count). The van der Waals surface area contributed by atoms with Crippen LogP contribution in [0.2, 0.25) is 0 Å². The monoisotopic (exact) mass is 307 g/mol. The predicted octanol–water partition coefficient (Wildman–Crippen LogP) is 2.53. The number of nitriles is 1. The van der Waals surface area contributed by atoms with Crippen molar-refractivity contribution in [3.8, 4) is 11.8 Å². The molecular formula is C17H13N3O3. The number of fused-ring (bicyclic) bond motifs is 1. The van der Waals surface area contributed by atoms with Gasteiger partial charge in [0.15, 0.2) is 6.10 Å². The SMILES string of the molecule is C[C@H]1Oc2ccc(NC(=O)c3cccc(C#N)c3)cc2NC1=O. The first kappa shape index (κ1) is 14.6. The maximum Gasteiger partial charge on any atom is 0.265 e. The molecule has 1 heterocycles. The molecular weight excluding hydrogens is 294 g/mol. The van der Waals surface area contributed by atoms with E-state index in [2.05, 4.69) is 10.6 Å². The standard InChI is InChI=1S/C17H13N3O3/c1-10-16(21)20-14-8-13(5-6-15(14)23-10)19-17(22)12-4-2-3-11(7-12)9-18/h2-8,10H,1H3,(H,19,22)(H,20,21)/t10-/m1/s1. The molecule has 0 aliphatic carbocycles. The van der Waals surface area contributed by atoms with Gasteiger partial charge < -0.3 is 15.4 Å². The van der Waals surface area contributed by atoms with Gasteiger partial charge in [-0.05, 0) is 43.3 Å². The molecule has 1 aliphatic rings. The van der Waals surface area contributed by atoms with Gasteiger partial charge in [0.25, 0.3) is 11.8 Å². The smallest absolute Gasteiger partial charge is 0.265 e. The summed E-state index contributed by atoms with van der Waals surface area (Å²) < 4.78 is 5.46. The highest BCUT2D eigenvalue weighted by Gasteiger charge is 2.23. The summed E-state index contributed by atoms with van der Waals surface area (Å²) >= 11 is 0. The first-order chi connectivity index (χ1) is 11.1. The van der Waals surface area contributed by atoms with Gasteiger partial charge in [0, 0.05) is 11.3 Å². The molecule has 0 saturated carbocycles. The number of nitrogens with one attached hydrogen (secondary N) is 2. The summed E-state index contributed by atoms with van der Waals surface area (Å²) in [5.74, 6) is -0.0113. The van der Waals surface area contributed by atoms with Crippen molar-refractivity contribution in [2.45, 2.75) is 13.0 Å². The molecule has 1 atom stereocenters. The van der Waals surface area contributed by atoms with Crippen LogP contribution in [0.4, 0.5) is 11.4 Å². The quantitative estimate of drug-likeness (QED) is 0.892. The maximum atomic E-state index is 12.2. The molecule has 6 heteroatoms. The summed E-state index contributed by atoms with van der Waals surface area (Å²) in [6.45, 7) is 1.66. The Bertz CT molecular complexity index is 839. The second-order valence-electron chi connectivity index (χ2n) is 5.11. The zero-order chi connectivity index (χ0) is 16.4. The molecule has 2 aromatic rings. The van der Waals surface area contributed by atoms with E-state index in [9.17, 15) is 9.59 Å². The fourth-order valence-corrected chi connectivity index (χ4v) is 2.22. The van der Waals surface area contributed by atoms with Gasteiger partial charge in [-0.1, -0.05) is 6.07 Å². The third kappa shape index (κ3) is 2.99. The molecule has 23 heavy (non-hydrogen) atoms. The number of carbonyl (C=O) groups is 2. The van der Waals surface area contributed by atoms with Crippen LogP contribution in [0.15, 0.2) is 42.5 Å². The van der Waals surface area contributed by atoms with Gasteiger partial charge in [-0.15, -0.1) is 0 Å². The summed E-state index contributed by atoms with van der Waals surface area (Å²) in [5.41, 5.74) is 1.83. The van der Waals surface area contributed by atoms with Crippen LogP contribution in [0, 0.1) is 11.3 Å². The molecule has 2 amide bonds. The van der Waals surface area contributed by atoms with Crippen LogP contribution >= 0.6 is 0 Å². The fourth-order valence-electron chi connectivity index (χ4n) is 2.22. The number of benzene rings is 2. The number of nitrogens with zero attached hydrogens (tertiary/aromatic N) is 1. The van der Waals surface area contributed by atoms with E-state index in [0.717, 1.165) is 0 Å². The van der Waals surface area contributed by atoms with Crippen molar-refractivity contribution in [3.05, 3.63) is 53.6 Å². The van der Waals surface area contributed by atoms with Crippen LogP contribution in [-0.2, 0) is 4.79 Å². The van der Waals surface area contributed by atoms with E-state index in [0.29, 0.717) is 28.3 Å². The second-order valence-corrected chi connectivity index (χ2v) is 5.11. The Morgan fingerprint density at radius 2 is 2.13 bits per heavy atom. The van der Waals surface area contributed by atoms with Gasteiger partial charge in [-0.3, -0.25) is 9.59 Å². The van der Waals surface area contributed by atoms with E-state index in [1.807, 2.05) is 6.07 Å². The first-order valence-corrected chi connectivity index (χ1v) is 7.00. The molecule has 1 aliphatic heterocycles. The zero-order valence-corrected chi connectivity index (χ0v) is 12.3. The van der Waals surface area contributed by atoms with E-state index in [1.165, 1.54) is 6.07 Å². The Morgan fingerprint density at radius 3 is 2.91 bits per heavy atom. The Morgan fingerprint density at radius 1 is 1.30 bits per heavy atom. The molecule has 0 radical (unpaired) electrons. The van der Waals surface area contributed by atoms with Gasteiger partial charge in [0.05, 0.1) is 17.3 Å². The van der Waals surface area contributed by atoms with Crippen LogP contribution in [0.1, 0.15) is 22.8 Å². The number of rotatable bonds is 2. The molecule has 0 unspecified atom stereocenters. The average Bonchev–Trinajstić information content (AvgIpc) is 2.56. The third-order valence-electron chi connectivity index (χ3n) is 3.42. The lowest BCUT2D eigenvalue weighted by atomic mass is 10.1. The summed E-state index contributed by atoms with van der Waals surface area (Å²) in [6, 6.07) is 13.4. The van der Waals surface area contributed by atoms with Gasteiger partial charge in [-0.25, -0.2) is 0 Å². The second kappa shape index (κ2) is 5.81. The molecule has 0 bridgehead atoms. The molecule has 0 saturated heterocycles. The van der Waals surface area contributed by atoms with Crippen molar-refractivity contribution < 1.29 is 14.3 Å². The summed E-state index contributed by atoms with van der Waals surface area (Å²) in [7, 11) is 0. The number of anilines is 2. The Kier molecular flexibility index (Phi) is 3.69.